The predicted octanol–water partition coefficient (Wildman–Crippen LogP) is 3.90. The summed E-state index contributed by atoms with van der Waals surface area (Å²) in [5.41, 5.74) is -0.478. The van der Waals surface area contributed by atoms with Crippen LogP contribution in [0.2, 0.25) is 0 Å². The molecule has 0 bridgehead atoms. The summed E-state index contributed by atoms with van der Waals surface area (Å²) in [4.78, 5) is 42.5. The summed E-state index contributed by atoms with van der Waals surface area (Å²) in [5, 5.41) is 2.98. The molecule has 3 aliphatic rings. The highest BCUT2D eigenvalue weighted by atomic mass is 19.1. The number of carbonyl (C=O) groups excluding carboxylic acids is 3. The zero-order valence-electron chi connectivity index (χ0n) is 20.8. The molecule has 192 valence electrons. The Kier molecular flexibility index (Phi) is 8.42. The second-order valence-corrected chi connectivity index (χ2v) is 10.4. The van der Waals surface area contributed by atoms with Crippen LogP contribution in [0, 0.1) is 17.7 Å². The van der Waals surface area contributed by atoms with E-state index in [9.17, 15) is 18.8 Å². The van der Waals surface area contributed by atoms with E-state index in [4.69, 9.17) is 4.74 Å². The first-order valence-electron chi connectivity index (χ1n) is 13.1. The molecule has 4 rings (SSSR count). The smallest absolute Gasteiger partial charge is 0.325 e. The summed E-state index contributed by atoms with van der Waals surface area (Å²) >= 11 is 0. The third kappa shape index (κ3) is 5.85. The quantitative estimate of drug-likeness (QED) is 0.536. The van der Waals surface area contributed by atoms with E-state index in [0.29, 0.717) is 43.8 Å². The summed E-state index contributed by atoms with van der Waals surface area (Å²) < 4.78 is 19.0. The number of nitrogens with zero attached hydrogens (tertiary/aromatic N) is 2. The predicted molar refractivity (Wildman–Crippen MR) is 130 cm³/mol. The molecule has 0 spiro atoms. The molecule has 1 N–H and O–H groups in total. The zero-order chi connectivity index (χ0) is 24.8. The molecule has 4 amide bonds. The van der Waals surface area contributed by atoms with Gasteiger partial charge in [0.25, 0.3) is 5.91 Å². The van der Waals surface area contributed by atoms with Crippen molar-refractivity contribution in [2.45, 2.75) is 69.7 Å². The number of halogens is 1. The molecule has 1 aromatic carbocycles. The molecule has 0 radical (unpaired) electrons. The van der Waals surface area contributed by atoms with Crippen LogP contribution in [-0.4, -0.2) is 66.5 Å². The molecule has 3 fully saturated rings. The number of hydrogen-bond acceptors (Lipinski definition) is 4. The van der Waals surface area contributed by atoms with Gasteiger partial charge in [0.2, 0.25) is 5.91 Å². The number of nitrogens with one attached hydrogen (secondary N) is 1. The average Bonchev–Trinajstić information content (AvgIpc) is 3.11. The fourth-order valence-electron chi connectivity index (χ4n) is 6.12. The number of benzene rings is 1. The maximum absolute atomic E-state index is 13.9. The van der Waals surface area contributed by atoms with Crippen molar-refractivity contribution in [3.05, 3.63) is 35.6 Å². The zero-order valence-corrected chi connectivity index (χ0v) is 20.8. The average molecular weight is 488 g/mol. The van der Waals surface area contributed by atoms with Gasteiger partial charge in [-0.3, -0.25) is 14.5 Å². The first-order chi connectivity index (χ1) is 16.9. The Morgan fingerprint density at radius 2 is 1.89 bits per heavy atom. The van der Waals surface area contributed by atoms with Crippen LogP contribution in [0.3, 0.4) is 0 Å². The Hall–Kier alpha value is -2.48. The first-order valence-corrected chi connectivity index (χ1v) is 13.1. The molecule has 1 aromatic rings. The maximum Gasteiger partial charge on any atom is 0.325 e. The number of methoxy groups -OCH3 is 1. The van der Waals surface area contributed by atoms with E-state index in [2.05, 4.69) is 5.32 Å². The van der Waals surface area contributed by atoms with Gasteiger partial charge in [-0.05, 0) is 48.8 Å². The Morgan fingerprint density at radius 1 is 1.14 bits per heavy atom. The highest BCUT2D eigenvalue weighted by Gasteiger charge is 2.55. The minimum atomic E-state index is -1.14. The summed E-state index contributed by atoms with van der Waals surface area (Å²) in [6.07, 6.45) is 9.35. The van der Waals surface area contributed by atoms with Crippen molar-refractivity contribution in [2.75, 3.05) is 33.4 Å². The number of ether oxygens (including phenoxy) is 1. The van der Waals surface area contributed by atoms with E-state index in [0.717, 1.165) is 6.42 Å². The molecule has 2 saturated heterocycles. The molecule has 1 saturated carbocycles. The van der Waals surface area contributed by atoms with Crippen LogP contribution < -0.4 is 5.32 Å². The molecular weight excluding hydrogens is 449 g/mol. The van der Waals surface area contributed by atoms with E-state index in [-0.39, 0.29) is 43.1 Å². The van der Waals surface area contributed by atoms with Crippen LogP contribution in [0.1, 0.15) is 63.4 Å². The normalized spacial score (nSPS) is 24.2. The Morgan fingerprint density at radius 3 is 2.57 bits per heavy atom. The van der Waals surface area contributed by atoms with Crippen molar-refractivity contribution >= 4 is 17.8 Å². The van der Waals surface area contributed by atoms with Crippen molar-refractivity contribution in [3.8, 4) is 0 Å². The van der Waals surface area contributed by atoms with Gasteiger partial charge in [0.05, 0.1) is 13.2 Å². The van der Waals surface area contributed by atoms with E-state index in [1.807, 2.05) is 4.90 Å². The number of imide groups is 1. The lowest BCUT2D eigenvalue weighted by Crippen LogP contribution is -2.58. The van der Waals surface area contributed by atoms with Gasteiger partial charge in [0, 0.05) is 33.0 Å². The van der Waals surface area contributed by atoms with Crippen molar-refractivity contribution in [1.82, 2.24) is 15.1 Å². The number of piperidine rings is 1. The van der Waals surface area contributed by atoms with Crippen LogP contribution in [0.25, 0.3) is 0 Å². The molecule has 1 aliphatic carbocycles. The minimum absolute atomic E-state index is 0.142. The standard InChI is InChI=1S/C27H38FN3O4/c1-35-17-16-31-25(33)27(29-26(31)34,19-21-8-5-9-23(28)18-21)22-12-14-30(15-13-22)24(32)11-10-20-6-3-2-4-7-20/h5,8-9,18,20,22H,2-4,6-7,10-17,19H2,1H3,(H,29,34). The summed E-state index contributed by atoms with van der Waals surface area (Å²) in [6, 6.07) is 5.76. The largest absolute Gasteiger partial charge is 0.383 e. The second-order valence-electron chi connectivity index (χ2n) is 10.4. The number of hydrogen-bond donors (Lipinski definition) is 1. The number of rotatable bonds is 9. The number of likely N-dealkylation sites (tertiary alicyclic amines) is 1. The molecule has 7 nitrogen and oxygen atoms in total. The van der Waals surface area contributed by atoms with Crippen molar-refractivity contribution in [2.24, 2.45) is 11.8 Å². The number of urea groups is 1. The van der Waals surface area contributed by atoms with E-state index in [1.54, 1.807) is 12.1 Å². The summed E-state index contributed by atoms with van der Waals surface area (Å²) in [7, 11) is 1.53. The van der Waals surface area contributed by atoms with E-state index in [1.165, 1.54) is 56.2 Å². The lowest BCUT2D eigenvalue weighted by atomic mass is 9.73. The van der Waals surface area contributed by atoms with Gasteiger partial charge in [0.15, 0.2) is 0 Å². The third-order valence-electron chi connectivity index (χ3n) is 8.13. The van der Waals surface area contributed by atoms with Gasteiger partial charge in [-0.2, -0.15) is 0 Å². The third-order valence-corrected chi connectivity index (χ3v) is 8.13. The molecule has 1 unspecified atom stereocenters. The van der Waals surface area contributed by atoms with E-state index < -0.39 is 11.6 Å². The van der Waals surface area contributed by atoms with Gasteiger partial charge < -0.3 is 15.0 Å². The van der Waals surface area contributed by atoms with Crippen LogP contribution in [0.4, 0.5) is 9.18 Å². The van der Waals surface area contributed by atoms with Crippen LogP contribution >= 0.6 is 0 Å². The molecule has 8 heteroatoms. The Balaban J connectivity index is 1.44. The van der Waals surface area contributed by atoms with Gasteiger partial charge >= 0.3 is 6.03 Å². The van der Waals surface area contributed by atoms with Crippen molar-refractivity contribution in [3.63, 3.8) is 0 Å². The SMILES string of the molecule is COCCN1C(=O)NC(Cc2cccc(F)c2)(C2CCN(C(=O)CCC3CCCCC3)CC2)C1=O. The molecule has 2 heterocycles. The van der Waals surface area contributed by atoms with Gasteiger partial charge in [-0.15, -0.1) is 0 Å². The maximum atomic E-state index is 13.9. The number of carbonyl (C=O) groups is 3. The fourth-order valence-corrected chi connectivity index (χ4v) is 6.12. The molecule has 1 atom stereocenters. The molecule has 2 aliphatic heterocycles. The minimum Gasteiger partial charge on any atom is -0.383 e. The lowest BCUT2D eigenvalue weighted by Gasteiger charge is -2.41. The topological polar surface area (TPSA) is 79.0 Å². The second kappa shape index (κ2) is 11.5. The van der Waals surface area contributed by atoms with Gasteiger partial charge in [0.1, 0.15) is 11.4 Å². The Bertz CT molecular complexity index is 911. The van der Waals surface area contributed by atoms with Crippen molar-refractivity contribution in [1.29, 1.82) is 0 Å². The molecule has 0 aromatic heterocycles. The molecule has 35 heavy (non-hydrogen) atoms. The van der Waals surface area contributed by atoms with Crippen molar-refractivity contribution < 1.29 is 23.5 Å². The van der Waals surface area contributed by atoms with Crippen LogP contribution in [-0.2, 0) is 20.7 Å². The number of amides is 4. The van der Waals surface area contributed by atoms with Gasteiger partial charge in [-0.25, -0.2) is 9.18 Å². The highest BCUT2D eigenvalue weighted by molar-refractivity contribution is 6.07. The van der Waals surface area contributed by atoms with Crippen LogP contribution in [0.15, 0.2) is 24.3 Å². The Labute approximate surface area is 207 Å². The first kappa shape index (κ1) is 25.6. The highest BCUT2D eigenvalue weighted by Crippen LogP contribution is 2.37. The van der Waals surface area contributed by atoms with E-state index >= 15 is 0 Å². The summed E-state index contributed by atoms with van der Waals surface area (Å²) in [6.45, 7) is 1.56. The monoisotopic (exact) mass is 487 g/mol. The lowest BCUT2D eigenvalue weighted by molar-refractivity contribution is -0.136. The van der Waals surface area contributed by atoms with Crippen LogP contribution in [0.5, 0.6) is 0 Å². The van der Waals surface area contributed by atoms with Gasteiger partial charge in [-0.1, -0.05) is 44.2 Å². The summed E-state index contributed by atoms with van der Waals surface area (Å²) in [5.74, 6) is 0.0629. The molecular formula is C27H38FN3O4. The fraction of sp³-hybridized carbons (Fsp3) is 0.667.